The van der Waals surface area contributed by atoms with Gasteiger partial charge < -0.3 is 4.74 Å². The molecule has 0 rings (SSSR count). The van der Waals surface area contributed by atoms with Gasteiger partial charge >= 0.3 is 0 Å². The summed E-state index contributed by atoms with van der Waals surface area (Å²) in [6.07, 6.45) is 0.914. The smallest absolute Gasteiger partial charge is 0.203 e. The van der Waals surface area contributed by atoms with Crippen LogP contribution in [0.2, 0.25) is 12.1 Å². The van der Waals surface area contributed by atoms with Gasteiger partial charge in [0.1, 0.15) is 7.28 Å². The molecule has 0 amide bonds. The predicted octanol–water partition coefficient (Wildman–Crippen LogP) is 2.78. The van der Waals surface area contributed by atoms with Crippen LogP contribution in [0.3, 0.4) is 0 Å². The van der Waals surface area contributed by atoms with Crippen LogP contribution in [-0.2, 0) is 4.74 Å². The summed E-state index contributed by atoms with van der Waals surface area (Å²) in [6.45, 7) is 9.85. The standard InChI is InChI=1S/C9H20BFO/c1-8(2,10-5)6-7-12-9(3,4)11/h10H,6-7H2,1-5H3. The van der Waals surface area contributed by atoms with Gasteiger partial charge in [-0.2, -0.15) is 0 Å². The Labute approximate surface area is 75.9 Å². The molecule has 0 N–H and O–H groups in total. The van der Waals surface area contributed by atoms with Gasteiger partial charge in [-0.3, -0.25) is 0 Å². The van der Waals surface area contributed by atoms with Crippen LogP contribution in [0, 0.1) is 0 Å². The summed E-state index contributed by atoms with van der Waals surface area (Å²) in [5, 5.41) is 0.269. The first-order valence-corrected chi connectivity index (χ1v) is 4.60. The lowest BCUT2D eigenvalue weighted by molar-refractivity contribution is -0.117. The maximum atomic E-state index is 12.8. The summed E-state index contributed by atoms with van der Waals surface area (Å²) in [5.41, 5.74) is 0. The SMILES string of the molecule is CBC(C)(C)CCOC(C)(C)F. The number of hydrogen-bond donors (Lipinski definition) is 0. The third-order valence-corrected chi connectivity index (χ3v) is 2.18. The average molecular weight is 174 g/mol. The Balaban J connectivity index is 3.57. The molecule has 0 saturated carbocycles. The van der Waals surface area contributed by atoms with Gasteiger partial charge in [0, 0.05) is 0 Å². The number of halogens is 1. The second kappa shape index (κ2) is 4.26. The zero-order chi connectivity index (χ0) is 9.83. The van der Waals surface area contributed by atoms with Gasteiger partial charge in [-0.15, -0.1) is 0 Å². The molecular weight excluding hydrogens is 154 g/mol. The van der Waals surface area contributed by atoms with Crippen molar-refractivity contribution in [3.63, 3.8) is 0 Å². The second-order valence-electron chi connectivity index (χ2n) is 4.48. The Morgan fingerprint density at radius 3 is 2.08 bits per heavy atom. The number of ether oxygens (including phenoxy) is 1. The first kappa shape index (κ1) is 12.0. The molecule has 12 heavy (non-hydrogen) atoms. The normalized spacial score (nSPS) is 13.2. The molecule has 0 spiro atoms. The van der Waals surface area contributed by atoms with Crippen LogP contribution in [-0.4, -0.2) is 19.7 Å². The van der Waals surface area contributed by atoms with E-state index in [2.05, 4.69) is 20.7 Å². The largest absolute Gasteiger partial charge is 0.346 e. The van der Waals surface area contributed by atoms with Crippen molar-refractivity contribution in [2.45, 2.75) is 52.1 Å². The molecule has 0 fully saturated rings. The van der Waals surface area contributed by atoms with E-state index in [1.54, 1.807) is 0 Å². The Morgan fingerprint density at radius 1 is 1.25 bits per heavy atom. The topological polar surface area (TPSA) is 9.23 Å². The predicted molar refractivity (Wildman–Crippen MR) is 52.8 cm³/mol. The monoisotopic (exact) mass is 174 g/mol. The van der Waals surface area contributed by atoms with E-state index in [0.29, 0.717) is 6.61 Å². The van der Waals surface area contributed by atoms with Crippen LogP contribution in [0.25, 0.3) is 0 Å². The van der Waals surface area contributed by atoms with Gasteiger partial charge in [-0.25, -0.2) is 4.39 Å². The van der Waals surface area contributed by atoms with Gasteiger partial charge in [0.05, 0.1) is 6.61 Å². The Kier molecular flexibility index (Phi) is 4.25. The Hall–Kier alpha value is -0.0451. The fraction of sp³-hybridized carbons (Fsp3) is 1.00. The molecule has 0 aromatic carbocycles. The molecule has 0 aromatic rings. The fourth-order valence-corrected chi connectivity index (χ4v) is 0.747. The molecule has 0 radical (unpaired) electrons. The Morgan fingerprint density at radius 2 is 1.75 bits per heavy atom. The van der Waals surface area contributed by atoms with E-state index in [9.17, 15) is 4.39 Å². The third-order valence-electron chi connectivity index (χ3n) is 2.18. The van der Waals surface area contributed by atoms with Gasteiger partial charge in [0.15, 0.2) is 0 Å². The van der Waals surface area contributed by atoms with Crippen molar-refractivity contribution in [3.05, 3.63) is 0 Å². The van der Waals surface area contributed by atoms with Crippen LogP contribution >= 0.6 is 0 Å². The summed E-state index contributed by atoms with van der Waals surface area (Å²) >= 11 is 0. The zero-order valence-electron chi connectivity index (χ0n) is 8.91. The molecule has 0 heterocycles. The van der Waals surface area contributed by atoms with Crippen molar-refractivity contribution in [1.82, 2.24) is 0 Å². The lowest BCUT2D eigenvalue weighted by atomic mass is 9.55. The van der Waals surface area contributed by atoms with Gasteiger partial charge in [0.2, 0.25) is 5.85 Å². The minimum absolute atomic E-state index is 0.269. The van der Waals surface area contributed by atoms with Crippen molar-refractivity contribution in [1.29, 1.82) is 0 Å². The molecule has 3 heteroatoms. The molecule has 0 atom stereocenters. The van der Waals surface area contributed by atoms with E-state index >= 15 is 0 Å². The Bertz CT molecular complexity index is 129. The summed E-state index contributed by atoms with van der Waals surface area (Å²) in [6, 6.07) is 0. The second-order valence-corrected chi connectivity index (χ2v) is 4.48. The molecule has 0 saturated heterocycles. The van der Waals surface area contributed by atoms with Crippen LogP contribution in [0.1, 0.15) is 34.1 Å². The van der Waals surface area contributed by atoms with Crippen LogP contribution in [0.15, 0.2) is 0 Å². The lowest BCUT2D eigenvalue weighted by Crippen LogP contribution is -2.21. The minimum Gasteiger partial charge on any atom is -0.346 e. The van der Waals surface area contributed by atoms with Crippen molar-refractivity contribution in [3.8, 4) is 0 Å². The van der Waals surface area contributed by atoms with E-state index in [-0.39, 0.29) is 5.31 Å². The van der Waals surface area contributed by atoms with E-state index in [1.807, 2.05) is 0 Å². The number of rotatable bonds is 5. The molecular formula is C9H20BFO. The van der Waals surface area contributed by atoms with E-state index < -0.39 is 5.85 Å². The summed E-state index contributed by atoms with van der Waals surface area (Å²) < 4.78 is 17.8. The number of hydrogen-bond acceptors (Lipinski definition) is 1. The van der Waals surface area contributed by atoms with Crippen molar-refractivity contribution < 1.29 is 9.13 Å². The highest BCUT2D eigenvalue weighted by Crippen LogP contribution is 2.27. The first-order chi connectivity index (χ1) is 5.27. The molecule has 0 aromatic heterocycles. The van der Waals surface area contributed by atoms with Gasteiger partial charge in [-0.1, -0.05) is 26.0 Å². The maximum Gasteiger partial charge on any atom is 0.203 e. The fourth-order valence-electron chi connectivity index (χ4n) is 0.747. The number of alkyl halides is 1. The van der Waals surface area contributed by atoms with Crippen molar-refractivity contribution in [2.75, 3.05) is 6.61 Å². The lowest BCUT2D eigenvalue weighted by Gasteiger charge is -2.23. The summed E-state index contributed by atoms with van der Waals surface area (Å²) in [7, 11) is 1.10. The third kappa shape index (κ3) is 6.65. The average Bonchev–Trinajstić information content (AvgIpc) is 1.84. The van der Waals surface area contributed by atoms with Crippen molar-refractivity contribution in [2.24, 2.45) is 0 Å². The molecule has 72 valence electrons. The van der Waals surface area contributed by atoms with Crippen molar-refractivity contribution >= 4 is 7.28 Å². The van der Waals surface area contributed by atoms with Crippen LogP contribution in [0.4, 0.5) is 4.39 Å². The molecule has 1 nitrogen and oxygen atoms in total. The minimum atomic E-state index is -1.48. The van der Waals surface area contributed by atoms with Gasteiger partial charge in [0.25, 0.3) is 0 Å². The van der Waals surface area contributed by atoms with Crippen LogP contribution < -0.4 is 0 Å². The highest BCUT2D eigenvalue weighted by Gasteiger charge is 2.19. The maximum absolute atomic E-state index is 12.8. The molecule has 0 bridgehead atoms. The van der Waals surface area contributed by atoms with E-state index in [0.717, 1.165) is 13.7 Å². The highest BCUT2D eigenvalue weighted by atomic mass is 19.2. The molecule has 0 aliphatic carbocycles. The summed E-state index contributed by atoms with van der Waals surface area (Å²) in [4.78, 5) is 0. The first-order valence-electron chi connectivity index (χ1n) is 4.60. The molecule has 0 aliphatic rings. The quantitative estimate of drug-likeness (QED) is 0.582. The summed E-state index contributed by atoms with van der Waals surface area (Å²) in [5.74, 6) is -1.48. The van der Waals surface area contributed by atoms with Crippen LogP contribution in [0.5, 0.6) is 0 Å². The van der Waals surface area contributed by atoms with E-state index in [4.69, 9.17) is 4.74 Å². The molecule has 0 aliphatic heterocycles. The molecule has 0 unspecified atom stereocenters. The van der Waals surface area contributed by atoms with Gasteiger partial charge in [-0.05, 0) is 20.3 Å². The highest BCUT2D eigenvalue weighted by molar-refractivity contribution is 6.37. The van der Waals surface area contributed by atoms with E-state index in [1.165, 1.54) is 13.8 Å². The zero-order valence-corrected chi connectivity index (χ0v) is 8.91.